The zero-order valence-corrected chi connectivity index (χ0v) is 11.8. The van der Waals surface area contributed by atoms with Crippen LogP contribution in [-0.4, -0.2) is 41.8 Å². The van der Waals surface area contributed by atoms with Crippen LogP contribution in [0.5, 0.6) is 5.75 Å². The third-order valence-corrected chi connectivity index (χ3v) is 2.15. The van der Waals surface area contributed by atoms with Crippen molar-refractivity contribution in [2.24, 2.45) is 0 Å². The Labute approximate surface area is 113 Å². The molecule has 0 aliphatic heterocycles. The highest BCUT2D eigenvalue weighted by atomic mass is 16.6. The molecule has 0 aliphatic carbocycles. The first-order chi connectivity index (χ1) is 8.78. The van der Waals surface area contributed by atoms with E-state index in [1.807, 2.05) is 20.8 Å². The molecule has 0 fully saturated rings. The van der Waals surface area contributed by atoms with Gasteiger partial charge in [0.2, 0.25) is 0 Å². The molecular weight excluding hydrogens is 246 g/mol. The highest BCUT2D eigenvalue weighted by Gasteiger charge is 2.19. The Balaban J connectivity index is 2.34. The van der Waals surface area contributed by atoms with Crippen LogP contribution >= 0.6 is 0 Å². The summed E-state index contributed by atoms with van der Waals surface area (Å²) in [6.45, 7) is 6.27. The molecule has 2 N–H and O–H groups in total. The topological polar surface area (TPSA) is 77.7 Å². The number of nitrogens with two attached hydrogens (primary N) is 1. The monoisotopic (exact) mass is 267 g/mol. The normalized spacial score (nSPS) is 10.9. The molecule has 0 spiro atoms. The first-order valence-corrected chi connectivity index (χ1v) is 6.06. The summed E-state index contributed by atoms with van der Waals surface area (Å²) >= 11 is 0. The van der Waals surface area contributed by atoms with Crippen LogP contribution in [0.2, 0.25) is 0 Å². The lowest BCUT2D eigenvalue weighted by Crippen LogP contribution is -2.36. The van der Waals surface area contributed by atoms with E-state index in [9.17, 15) is 4.79 Å². The molecule has 1 aromatic heterocycles. The number of hydrogen-bond acceptors (Lipinski definition) is 5. The summed E-state index contributed by atoms with van der Waals surface area (Å²) in [5, 5.41) is 0. The van der Waals surface area contributed by atoms with Crippen LogP contribution in [0.1, 0.15) is 20.8 Å². The first-order valence-electron chi connectivity index (χ1n) is 6.06. The summed E-state index contributed by atoms with van der Waals surface area (Å²) in [7, 11) is 1.67. The van der Waals surface area contributed by atoms with E-state index in [-0.39, 0.29) is 6.09 Å². The predicted molar refractivity (Wildman–Crippen MR) is 73.0 cm³/mol. The van der Waals surface area contributed by atoms with E-state index in [4.69, 9.17) is 15.2 Å². The van der Waals surface area contributed by atoms with Crippen molar-refractivity contribution < 1.29 is 14.3 Å². The molecule has 6 heteroatoms. The van der Waals surface area contributed by atoms with Gasteiger partial charge in [0, 0.05) is 19.3 Å². The number of hydrogen-bond donors (Lipinski definition) is 1. The van der Waals surface area contributed by atoms with Gasteiger partial charge < -0.3 is 20.1 Å². The van der Waals surface area contributed by atoms with Crippen LogP contribution in [-0.2, 0) is 4.74 Å². The average Bonchev–Trinajstić information content (AvgIpc) is 2.26. The summed E-state index contributed by atoms with van der Waals surface area (Å²) in [6, 6.07) is 3.34. The molecule has 106 valence electrons. The maximum absolute atomic E-state index is 11.7. The maximum Gasteiger partial charge on any atom is 0.410 e. The van der Waals surface area contributed by atoms with Crippen LogP contribution in [0.3, 0.4) is 0 Å². The number of nitrogen functional groups attached to an aromatic ring is 1. The minimum Gasteiger partial charge on any atom is -0.492 e. The molecule has 1 aromatic rings. The average molecular weight is 267 g/mol. The van der Waals surface area contributed by atoms with E-state index in [1.165, 1.54) is 4.90 Å². The second kappa shape index (κ2) is 6.26. The Hall–Kier alpha value is -1.98. The molecule has 0 saturated heterocycles. The lowest BCUT2D eigenvalue weighted by atomic mass is 10.2. The fraction of sp³-hybridized carbons (Fsp3) is 0.538. The van der Waals surface area contributed by atoms with E-state index < -0.39 is 5.60 Å². The van der Waals surface area contributed by atoms with E-state index in [0.717, 1.165) is 0 Å². The van der Waals surface area contributed by atoms with Crippen molar-refractivity contribution in [1.82, 2.24) is 9.88 Å². The summed E-state index contributed by atoms with van der Waals surface area (Å²) in [6.07, 6.45) is 1.20. The molecule has 0 aliphatic rings. The van der Waals surface area contributed by atoms with Crippen molar-refractivity contribution in [3.63, 3.8) is 0 Å². The maximum atomic E-state index is 11.7. The van der Waals surface area contributed by atoms with Crippen molar-refractivity contribution in [3.05, 3.63) is 18.3 Å². The number of ether oxygens (including phenoxy) is 2. The predicted octanol–water partition coefficient (Wildman–Crippen LogP) is 1.91. The molecular formula is C13H21N3O3. The van der Waals surface area contributed by atoms with Gasteiger partial charge in [0.15, 0.2) is 0 Å². The molecule has 1 amide bonds. The minimum absolute atomic E-state index is 0.360. The van der Waals surface area contributed by atoms with Gasteiger partial charge in [-0.15, -0.1) is 0 Å². The van der Waals surface area contributed by atoms with E-state index in [1.54, 1.807) is 25.4 Å². The second-order valence-corrected chi connectivity index (χ2v) is 5.17. The van der Waals surface area contributed by atoms with Crippen molar-refractivity contribution >= 4 is 11.9 Å². The van der Waals surface area contributed by atoms with Gasteiger partial charge in [-0.05, 0) is 26.8 Å². The standard InChI is InChI=1S/C13H21N3O3/c1-13(2,3)19-12(17)16(4)7-8-18-10-5-6-15-11(14)9-10/h5-6,9H,7-8H2,1-4H3,(H2,14,15). The SMILES string of the molecule is CN(CCOc1ccnc(N)c1)C(=O)OC(C)(C)C. The number of aromatic nitrogens is 1. The fourth-order valence-electron chi connectivity index (χ4n) is 1.25. The second-order valence-electron chi connectivity index (χ2n) is 5.17. The first kappa shape index (κ1) is 15.1. The van der Waals surface area contributed by atoms with Gasteiger partial charge in [0.25, 0.3) is 0 Å². The molecule has 1 rings (SSSR count). The zero-order chi connectivity index (χ0) is 14.5. The van der Waals surface area contributed by atoms with Crippen molar-refractivity contribution in [2.45, 2.75) is 26.4 Å². The minimum atomic E-state index is -0.494. The molecule has 0 radical (unpaired) electrons. The van der Waals surface area contributed by atoms with Gasteiger partial charge in [-0.3, -0.25) is 0 Å². The molecule has 0 aromatic carbocycles. The number of nitrogens with zero attached hydrogens (tertiary/aromatic N) is 2. The highest BCUT2D eigenvalue weighted by molar-refractivity contribution is 5.67. The van der Waals surface area contributed by atoms with Gasteiger partial charge in [-0.2, -0.15) is 0 Å². The number of carbonyl (C=O) groups is 1. The summed E-state index contributed by atoms with van der Waals surface area (Å²) in [5.74, 6) is 1.03. The smallest absolute Gasteiger partial charge is 0.410 e. The Bertz CT molecular complexity index is 429. The number of carbonyl (C=O) groups excluding carboxylic acids is 1. The van der Waals surface area contributed by atoms with Crippen molar-refractivity contribution in [1.29, 1.82) is 0 Å². The Kier molecular flexibility index (Phi) is 4.97. The largest absolute Gasteiger partial charge is 0.492 e. The van der Waals surface area contributed by atoms with Gasteiger partial charge in [-0.25, -0.2) is 9.78 Å². The summed E-state index contributed by atoms with van der Waals surface area (Å²) < 4.78 is 10.7. The number of rotatable bonds is 4. The lowest BCUT2D eigenvalue weighted by Gasteiger charge is -2.24. The molecule has 0 atom stereocenters. The number of likely N-dealkylation sites (N-methyl/N-ethyl adjacent to an activating group) is 1. The lowest BCUT2D eigenvalue weighted by molar-refractivity contribution is 0.0278. The zero-order valence-electron chi connectivity index (χ0n) is 11.8. The Morgan fingerprint density at radius 2 is 2.16 bits per heavy atom. The summed E-state index contributed by atoms with van der Waals surface area (Å²) in [5.41, 5.74) is 5.04. The quantitative estimate of drug-likeness (QED) is 0.901. The van der Waals surface area contributed by atoms with Crippen molar-refractivity contribution in [3.8, 4) is 5.75 Å². The van der Waals surface area contributed by atoms with E-state index >= 15 is 0 Å². The van der Waals surface area contributed by atoms with Gasteiger partial charge in [-0.1, -0.05) is 0 Å². The van der Waals surface area contributed by atoms with E-state index in [2.05, 4.69) is 4.98 Å². The molecule has 1 heterocycles. The Morgan fingerprint density at radius 1 is 1.47 bits per heavy atom. The number of pyridine rings is 1. The molecule has 19 heavy (non-hydrogen) atoms. The summed E-state index contributed by atoms with van der Waals surface area (Å²) in [4.78, 5) is 17.0. The number of amides is 1. The molecule has 0 bridgehead atoms. The van der Waals surface area contributed by atoms with Crippen molar-refractivity contribution in [2.75, 3.05) is 25.9 Å². The van der Waals surface area contributed by atoms with Gasteiger partial charge >= 0.3 is 6.09 Å². The molecule has 0 unspecified atom stereocenters. The van der Waals surface area contributed by atoms with Gasteiger partial charge in [0.05, 0.1) is 6.54 Å². The van der Waals surface area contributed by atoms with Crippen LogP contribution in [0, 0.1) is 0 Å². The highest BCUT2D eigenvalue weighted by Crippen LogP contribution is 2.12. The van der Waals surface area contributed by atoms with Crippen LogP contribution in [0.25, 0.3) is 0 Å². The third kappa shape index (κ3) is 5.94. The van der Waals surface area contributed by atoms with Crippen LogP contribution < -0.4 is 10.5 Å². The number of anilines is 1. The fourth-order valence-corrected chi connectivity index (χ4v) is 1.25. The van der Waals surface area contributed by atoms with E-state index in [0.29, 0.717) is 24.7 Å². The molecule has 0 saturated carbocycles. The Morgan fingerprint density at radius 3 is 2.74 bits per heavy atom. The molecule has 6 nitrogen and oxygen atoms in total. The van der Waals surface area contributed by atoms with Gasteiger partial charge in [0.1, 0.15) is 23.8 Å². The van der Waals surface area contributed by atoms with Crippen LogP contribution in [0.15, 0.2) is 18.3 Å². The van der Waals surface area contributed by atoms with Crippen LogP contribution in [0.4, 0.5) is 10.6 Å². The third-order valence-electron chi connectivity index (χ3n) is 2.15.